The molecule has 2 aliphatic heterocycles. The number of hydrogen-bond donors (Lipinski definition) is 1. The number of nitrogens with zero attached hydrogens (tertiary/aromatic N) is 3. The van der Waals surface area contributed by atoms with Crippen LogP contribution in [0, 0.1) is 5.92 Å². The molecule has 6 rings (SSSR count). The van der Waals surface area contributed by atoms with Crippen molar-refractivity contribution < 1.29 is 9.90 Å². The molecule has 1 atom stereocenters. The van der Waals surface area contributed by atoms with Crippen molar-refractivity contribution in [2.24, 2.45) is 5.92 Å². The monoisotopic (exact) mass is 499 g/mol. The van der Waals surface area contributed by atoms with Crippen LogP contribution in [0.15, 0.2) is 42.5 Å². The molecule has 0 spiro atoms. The molecule has 3 aromatic rings. The van der Waals surface area contributed by atoms with Gasteiger partial charge in [-0.2, -0.15) is 0 Å². The van der Waals surface area contributed by atoms with Crippen LogP contribution in [0.4, 0.5) is 5.69 Å². The first kappa shape index (κ1) is 24.5. The van der Waals surface area contributed by atoms with Gasteiger partial charge in [0.2, 0.25) is 0 Å². The zero-order valence-corrected chi connectivity index (χ0v) is 22.3. The summed E-state index contributed by atoms with van der Waals surface area (Å²) in [7, 11) is 0. The number of carboxylic acid groups (broad SMARTS) is 1. The molecule has 3 heterocycles. The van der Waals surface area contributed by atoms with Crippen LogP contribution < -0.4 is 4.90 Å². The van der Waals surface area contributed by atoms with Gasteiger partial charge in [0, 0.05) is 54.9 Å². The second-order valence-corrected chi connectivity index (χ2v) is 11.5. The molecular formula is C32H41N3O2. The van der Waals surface area contributed by atoms with Crippen LogP contribution in [0.1, 0.15) is 80.1 Å². The first-order chi connectivity index (χ1) is 18.1. The SMILES string of the molecule is CCC1CCCN(CCN2CCn3c(c(C4CCCCC4)c4ccc(C(=O)O)cc43)-c3ccccc32)C1. The molecule has 1 aliphatic carbocycles. The van der Waals surface area contributed by atoms with Gasteiger partial charge in [0.05, 0.1) is 11.3 Å². The zero-order valence-electron chi connectivity index (χ0n) is 22.3. The van der Waals surface area contributed by atoms with Crippen LogP contribution in [0.25, 0.3) is 22.2 Å². The van der Waals surface area contributed by atoms with Crippen molar-refractivity contribution >= 4 is 22.6 Å². The summed E-state index contributed by atoms with van der Waals surface area (Å²) in [6.45, 7) is 8.77. The van der Waals surface area contributed by atoms with Crippen LogP contribution in [-0.2, 0) is 6.54 Å². The van der Waals surface area contributed by atoms with E-state index in [1.165, 1.54) is 92.4 Å². The Hall–Kier alpha value is -2.79. The standard InChI is InChI=1S/C32H41N3O2/c1-2-23-9-8-16-33(22-23)17-18-34-19-20-35-29-21-25(32(36)37)14-15-26(29)30(24-10-4-3-5-11-24)31(35)27-12-6-7-13-28(27)34/h6-7,12-15,21,23-24H,2-5,8-11,16-20,22H2,1H3,(H,36,37). The number of likely N-dealkylation sites (tertiary alicyclic amines) is 1. The van der Waals surface area contributed by atoms with E-state index in [1.807, 2.05) is 6.07 Å². The molecule has 5 nitrogen and oxygen atoms in total. The van der Waals surface area contributed by atoms with Gasteiger partial charge in [-0.15, -0.1) is 0 Å². The minimum atomic E-state index is -0.848. The van der Waals surface area contributed by atoms with E-state index in [2.05, 4.69) is 51.6 Å². The lowest BCUT2D eigenvalue weighted by molar-refractivity contribution is 0.0697. The van der Waals surface area contributed by atoms with Gasteiger partial charge in [-0.1, -0.05) is 56.9 Å². The molecule has 1 unspecified atom stereocenters. The number of carbonyl (C=O) groups is 1. The largest absolute Gasteiger partial charge is 0.478 e. The fraction of sp³-hybridized carbons (Fsp3) is 0.531. The van der Waals surface area contributed by atoms with Crippen LogP contribution in [0.5, 0.6) is 0 Å². The smallest absolute Gasteiger partial charge is 0.335 e. The van der Waals surface area contributed by atoms with Crippen molar-refractivity contribution in [1.29, 1.82) is 0 Å². The van der Waals surface area contributed by atoms with E-state index in [1.54, 1.807) is 6.07 Å². The van der Waals surface area contributed by atoms with Crippen LogP contribution in [0.3, 0.4) is 0 Å². The third kappa shape index (κ3) is 4.67. The average molecular weight is 500 g/mol. The van der Waals surface area contributed by atoms with Crippen molar-refractivity contribution in [2.75, 3.05) is 37.6 Å². The summed E-state index contributed by atoms with van der Waals surface area (Å²) in [4.78, 5) is 17.2. The number of carboxylic acids is 1. The molecular weight excluding hydrogens is 458 g/mol. The molecule has 0 bridgehead atoms. The van der Waals surface area contributed by atoms with Crippen LogP contribution in [-0.4, -0.2) is 53.3 Å². The number of hydrogen-bond acceptors (Lipinski definition) is 3. The number of anilines is 1. The highest BCUT2D eigenvalue weighted by Gasteiger charge is 2.31. The lowest BCUT2D eigenvalue weighted by Crippen LogP contribution is -2.41. The van der Waals surface area contributed by atoms with Gasteiger partial charge >= 0.3 is 5.97 Å². The van der Waals surface area contributed by atoms with Crippen molar-refractivity contribution in [1.82, 2.24) is 9.47 Å². The Kier molecular flexibility index (Phi) is 6.98. The summed E-state index contributed by atoms with van der Waals surface area (Å²) in [5, 5.41) is 11.0. The Morgan fingerprint density at radius 3 is 2.59 bits per heavy atom. The molecule has 0 amide bonds. The van der Waals surface area contributed by atoms with Crippen molar-refractivity contribution in [2.45, 2.75) is 70.8 Å². The molecule has 2 fully saturated rings. The highest BCUT2D eigenvalue weighted by atomic mass is 16.4. The molecule has 1 aromatic heterocycles. The molecule has 0 radical (unpaired) electrons. The topological polar surface area (TPSA) is 48.7 Å². The second-order valence-electron chi connectivity index (χ2n) is 11.5. The van der Waals surface area contributed by atoms with Gasteiger partial charge in [0.25, 0.3) is 0 Å². The summed E-state index contributed by atoms with van der Waals surface area (Å²) < 4.78 is 2.46. The van der Waals surface area contributed by atoms with Gasteiger partial charge in [-0.25, -0.2) is 4.79 Å². The minimum Gasteiger partial charge on any atom is -0.478 e. The molecule has 1 N–H and O–H groups in total. The van der Waals surface area contributed by atoms with Gasteiger partial charge in [-0.3, -0.25) is 0 Å². The molecule has 1 saturated carbocycles. The molecule has 2 aromatic carbocycles. The number of aromatic nitrogens is 1. The van der Waals surface area contributed by atoms with Crippen molar-refractivity contribution in [3.05, 3.63) is 53.6 Å². The van der Waals surface area contributed by atoms with Gasteiger partial charge in [0.1, 0.15) is 0 Å². The molecule has 3 aliphatic rings. The first-order valence-corrected chi connectivity index (χ1v) is 14.6. The van der Waals surface area contributed by atoms with Crippen molar-refractivity contribution in [3.8, 4) is 11.3 Å². The Balaban J connectivity index is 1.41. The third-order valence-corrected chi connectivity index (χ3v) is 9.32. The maximum absolute atomic E-state index is 11.9. The molecule has 37 heavy (non-hydrogen) atoms. The fourth-order valence-corrected chi connectivity index (χ4v) is 7.31. The lowest BCUT2D eigenvalue weighted by Gasteiger charge is -2.34. The maximum atomic E-state index is 11.9. The number of para-hydroxylation sites is 1. The van der Waals surface area contributed by atoms with E-state index in [0.717, 1.165) is 37.6 Å². The number of piperidine rings is 1. The molecule has 196 valence electrons. The highest BCUT2D eigenvalue weighted by Crippen LogP contribution is 2.47. The Bertz CT molecular complexity index is 1270. The number of benzene rings is 2. The average Bonchev–Trinajstić information content (AvgIpc) is 3.17. The fourth-order valence-electron chi connectivity index (χ4n) is 7.31. The lowest BCUT2D eigenvalue weighted by atomic mass is 9.81. The van der Waals surface area contributed by atoms with E-state index < -0.39 is 5.97 Å². The minimum absolute atomic E-state index is 0.382. The van der Waals surface area contributed by atoms with Crippen LogP contribution in [0.2, 0.25) is 0 Å². The summed E-state index contributed by atoms with van der Waals surface area (Å²) in [6, 6.07) is 14.8. The summed E-state index contributed by atoms with van der Waals surface area (Å²) in [5.41, 5.74) is 6.93. The van der Waals surface area contributed by atoms with E-state index in [9.17, 15) is 9.90 Å². The number of aromatic carboxylic acids is 1. The van der Waals surface area contributed by atoms with E-state index >= 15 is 0 Å². The normalized spacial score (nSPS) is 21.0. The predicted octanol–water partition coefficient (Wildman–Crippen LogP) is 7.00. The Morgan fingerprint density at radius 1 is 0.946 bits per heavy atom. The molecule has 5 heteroatoms. The van der Waals surface area contributed by atoms with Gasteiger partial charge < -0.3 is 19.5 Å². The number of fused-ring (bicyclic) bond motifs is 5. The summed E-state index contributed by atoms with van der Waals surface area (Å²) in [5.74, 6) is 0.542. The summed E-state index contributed by atoms with van der Waals surface area (Å²) in [6.07, 6.45) is 10.3. The maximum Gasteiger partial charge on any atom is 0.335 e. The van der Waals surface area contributed by atoms with Crippen molar-refractivity contribution in [3.63, 3.8) is 0 Å². The zero-order chi connectivity index (χ0) is 25.4. The predicted molar refractivity (Wildman–Crippen MR) is 152 cm³/mol. The van der Waals surface area contributed by atoms with Gasteiger partial charge in [-0.05, 0) is 67.8 Å². The van der Waals surface area contributed by atoms with E-state index in [-0.39, 0.29) is 0 Å². The Labute approximate surface area is 221 Å². The van der Waals surface area contributed by atoms with Crippen LogP contribution >= 0.6 is 0 Å². The number of rotatable bonds is 6. The third-order valence-electron chi connectivity index (χ3n) is 9.32. The van der Waals surface area contributed by atoms with Gasteiger partial charge in [0.15, 0.2) is 0 Å². The Morgan fingerprint density at radius 2 is 1.78 bits per heavy atom. The van der Waals surface area contributed by atoms with E-state index in [4.69, 9.17) is 0 Å². The second kappa shape index (κ2) is 10.5. The highest BCUT2D eigenvalue weighted by molar-refractivity contribution is 5.99. The molecule has 1 saturated heterocycles. The quantitative estimate of drug-likeness (QED) is 0.397. The van der Waals surface area contributed by atoms with E-state index in [0.29, 0.717) is 11.5 Å². The summed E-state index contributed by atoms with van der Waals surface area (Å²) >= 11 is 0. The first-order valence-electron chi connectivity index (χ1n) is 14.6.